The van der Waals surface area contributed by atoms with Gasteiger partial charge >= 0.3 is 0 Å². The number of hydrogen-bond acceptors (Lipinski definition) is 1. The molecule has 0 aliphatic carbocycles. The Labute approximate surface area is 97.9 Å². The van der Waals surface area contributed by atoms with Crippen molar-refractivity contribution < 1.29 is 7.54 Å². The van der Waals surface area contributed by atoms with Crippen LogP contribution in [0.25, 0.3) is 6.05 Å². The summed E-state index contributed by atoms with van der Waals surface area (Å²) in [7, 11) is 0. The lowest BCUT2D eigenvalue weighted by atomic mass is 10.1. The first kappa shape index (κ1) is 8.05. The maximum absolute atomic E-state index is 12.0. The monoisotopic (exact) mass is 210 g/mol. The normalized spacial score (nSPS) is 13.5. The fraction of sp³-hybridized carbons (Fsp3) is 0. The largest absolute Gasteiger partial charge is 0.289 e. The van der Waals surface area contributed by atoms with Crippen molar-refractivity contribution in [1.29, 1.82) is 0 Å². The molecule has 0 aliphatic heterocycles. The summed E-state index contributed by atoms with van der Waals surface area (Å²) in [5, 5.41) is 0. The molecular formula is C15H12O. The summed E-state index contributed by atoms with van der Waals surface area (Å²) in [4.78, 5) is 12.0. The van der Waals surface area contributed by atoms with E-state index in [-0.39, 0.29) is 12.1 Å². The standard InChI is InChI=1S/C15H12O/c16-15(14-9-5-2-6-10-14)12-11-13-7-3-1-4-8-13/h1-12H/b12-11+/i11D,12D. The van der Waals surface area contributed by atoms with Gasteiger partial charge in [0.25, 0.3) is 0 Å². The summed E-state index contributed by atoms with van der Waals surface area (Å²) < 4.78 is 15.7. The predicted molar refractivity (Wildman–Crippen MR) is 66.2 cm³/mol. The average molecular weight is 210 g/mol. The first-order valence-corrected chi connectivity index (χ1v) is 5.03. The Kier molecular flexibility index (Phi) is 2.56. The van der Waals surface area contributed by atoms with Crippen LogP contribution < -0.4 is 0 Å². The summed E-state index contributed by atoms with van der Waals surface area (Å²) in [6.45, 7) is 0. The quantitative estimate of drug-likeness (QED) is 0.559. The lowest BCUT2D eigenvalue weighted by Gasteiger charge is -1.94. The van der Waals surface area contributed by atoms with Crippen LogP contribution in [0.3, 0.4) is 0 Å². The second-order valence-corrected chi connectivity index (χ2v) is 3.31. The average Bonchev–Trinajstić information content (AvgIpc) is 2.47. The van der Waals surface area contributed by atoms with Crippen LogP contribution in [-0.2, 0) is 0 Å². The molecule has 0 saturated carbocycles. The molecule has 0 amide bonds. The first-order chi connectivity index (χ1) is 8.70. The van der Waals surface area contributed by atoms with Crippen molar-refractivity contribution in [3.8, 4) is 0 Å². The molecular weight excluding hydrogens is 196 g/mol. The van der Waals surface area contributed by atoms with E-state index in [1.54, 1.807) is 48.5 Å². The smallest absolute Gasteiger partial charge is 0.185 e. The minimum atomic E-state index is -0.426. The van der Waals surface area contributed by atoms with Crippen molar-refractivity contribution in [3.63, 3.8) is 0 Å². The minimum Gasteiger partial charge on any atom is -0.289 e. The Morgan fingerprint density at radius 3 is 2.12 bits per heavy atom. The van der Waals surface area contributed by atoms with Crippen LogP contribution >= 0.6 is 0 Å². The fourth-order valence-corrected chi connectivity index (χ4v) is 1.31. The van der Waals surface area contributed by atoms with Gasteiger partial charge in [0.1, 0.15) is 0 Å². The number of rotatable bonds is 3. The maximum Gasteiger partial charge on any atom is 0.185 e. The Morgan fingerprint density at radius 2 is 1.50 bits per heavy atom. The summed E-state index contributed by atoms with van der Waals surface area (Å²) in [5.41, 5.74) is 1.01. The van der Waals surface area contributed by atoms with Crippen molar-refractivity contribution in [2.75, 3.05) is 0 Å². The van der Waals surface area contributed by atoms with E-state index >= 15 is 0 Å². The molecule has 78 valence electrons. The molecule has 0 aromatic heterocycles. The van der Waals surface area contributed by atoms with E-state index in [4.69, 9.17) is 2.74 Å². The van der Waals surface area contributed by atoms with Crippen LogP contribution in [0.5, 0.6) is 0 Å². The van der Waals surface area contributed by atoms with Crippen LogP contribution in [0.1, 0.15) is 18.7 Å². The third-order valence-electron chi connectivity index (χ3n) is 2.13. The van der Waals surface area contributed by atoms with Gasteiger partial charge in [0.2, 0.25) is 0 Å². The van der Waals surface area contributed by atoms with Gasteiger partial charge in [-0.25, -0.2) is 0 Å². The van der Waals surface area contributed by atoms with E-state index in [0.717, 1.165) is 0 Å². The molecule has 0 spiro atoms. The third-order valence-corrected chi connectivity index (χ3v) is 2.13. The number of ketones is 1. The summed E-state index contributed by atoms with van der Waals surface area (Å²) in [5.74, 6) is -0.426. The van der Waals surface area contributed by atoms with Gasteiger partial charge in [-0.1, -0.05) is 66.7 Å². The molecule has 0 N–H and O–H groups in total. The number of allylic oxidation sites excluding steroid dienone is 1. The van der Waals surface area contributed by atoms with Crippen LogP contribution in [-0.4, -0.2) is 5.78 Å². The SMILES string of the molecule is [2H]/C(C(=O)c1ccccc1)=C(/[2H])c1ccccc1. The highest BCUT2D eigenvalue weighted by atomic mass is 16.1. The molecule has 0 saturated heterocycles. The lowest BCUT2D eigenvalue weighted by Crippen LogP contribution is -1.92. The molecule has 2 rings (SSSR count). The molecule has 0 unspecified atom stereocenters. The number of benzene rings is 2. The Morgan fingerprint density at radius 1 is 0.938 bits per heavy atom. The highest BCUT2D eigenvalue weighted by Gasteiger charge is 1.98. The summed E-state index contributed by atoms with van der Waals surface area (Å²) in [6.07, 6.45) is 0. The zero-order valence-electron chi connectivity index (χ0n) is 10.7. The Bertz CT molecular complexity index is 574. The molecule has 0 atom stereocenters. The van der Waals surface area contributed by atoms with Crippen molar-refractivity contribution in [3.05, 3.63) is 77.8 Å². The zero-order valence-corrected chi connectivity index (χ0v) is 8.68. The van der Waals surface area contributed by atoms with Crippen LogP contribution in [0.15, 0.2) is 66.7 Å². The van der Waals surface area contributed by atoms with Gasteiger partial charge in [-0.2, -0.15) is 0 Å². The van der Waals surface area contributed by atoms with Crippen LogP contribution in [0.2, 0.25) is 0 Å². The molecule has 1 nitrogen and oxygen atoms in total. The predicted octanol–water partition coefficient (Wildman–Crippen LogP) is 3.58. The lowest BCUT2D eigenvalue weighted by molar-refractivity contribution is 0.104. The van der Waals surface area contributed by atoms with E-state index in [1.165, 1.54) is 0 Å². The molecule has 0 aliphatic rings. The molecule has 2 aromatic carbocycles. The van der Waals surface area contributed by atoms with Crippen LogP contribution in [0, 0.1) is 0 Å². The Hall–Kier alpha value is -2.15. The van der Waals surface area contributed by atoms with E-state index < -0.39 is 5.78 Å². The van der Waals surface area contributed by atoms with Gasteiger partial charge in [-0.05, 0) is 11.6 Å². The first-order valence-electron chi connectivity index (χ1n) is 6.03. The second kappa shape index (κ2) is 5.08. The van der Waals surface area contributed by atoms with Gasteiger partial charge in [0.05, 0.1) is 2.74 Å². The molecule has 0 heterocycles. The topological polar surface area (TPSA) is 17.1 Å². The second-order valence-electron chi connectivity index (χ2n) is 3.31. The molecule has 16 heavy (non-hydrogen) atoms. The van der Waals surface area contributed by atoms with Gasteiger partial charge in [-0.15, -0.1) is 0 Å². The minimum absolute atomic E-state index is 0.0514. The van der Waals surface area contributed by atoms with E-state index in [9.17, 15) is 4.79 Å². The fourth-order valence-electron chi connectivity index (χ4n) is 1.31. The van der Waals surface area contributed by atoms with E-state index in [2.05, 4.69) is 0 Å². The molecule has 2 aromatic rings. The van der Waals surface area contributed by atoms with Crippen molar-refractivity contribution in [2.24, 2.45) is 0 Å². The molecule has 0 radical (unpaired) electrons. The highest BCUT2D eigenvalue weighted by molar-refractivity contribution is 6.06. The number of carbonyl (C=O) groups excluding carboxylic acids is 1. The summed E-state index contributed by atoms with van der Waals surface area (Å²) >= 11 is 0. The van der Waals surface area contributed by atoms with Gasteiger partial charge < -0.3 is 0 Å². The molecule has 0 fully saturated rings. The zero-order chi connectivity index (χ0) is 13.0. The van der Waals surface area contributed by atoms with E-state index in [0.29, 0.717) is 11.1 Å². The third kappa shape index (κ3) is 2.67. The summed E-state index contributed by atoms with van der Waals surface area (Å²) in [6, 6.07) is 17.1. The van der Waals surface area contributed by atoms with E-state index in [1.807, 2.05) is 12.1 Å². The van der Waals surface area contributed by atoms with Crippen LogP contribution in [0.4, 0.5) is 0 Å². The van der Waals surface area contributed by atoms with Gasteiger partial charge in [-0.3, -0.25) is 4.79 Å². The van der Waals surface area contributed by atoms with Gasteiger partial charge in [0.15, 0.2) is 5.78 Å². The Balaban J connectivity index is 2.37. The molecule has 1 heteroatoms. The number of hydrogen-bond donors (Lipinski definition) is 0. The van der Waals surface area contributed by atoms with Crippen molar-refractivity contribution >= 4 is 11.8 Å². The van der Waals surface area contributed by atoms with Crippen molar-refractivity contribution in [1.82, 2.24) is 0 Å². The highest BCUT2D eigenvalue weighted by Crippen LogP contribution is 2.05. The van der Waals surface area contributed by atoms with Gasteiger partial charge in [0, 0.05) is 5.56 Å². The molecule has 0 bridgehead atoms. The van der Waals surface area contributed by atoms with Crippen molar-refractivity contribution in [2.45, 2.75) is 0 Å². The number of carbonyl (C=O) groups is 1. The maximum atomic E-state index is 12.0.